The summed E-state index contributed by atoms with van der Waals surface area (Å²) >= 11 is 5.50. The number of allylic oxidation sites excluding steroid dienone is 1. The van der Waals surface area contributed by atoms with Gasteiger partial charge in [0.05, 0.1) is 0 Å². The van der Waals surface area contributed by atoms with Crippen LogP contribution in [0.2, 0.25) is 0 Å². The van der Waals surface area contributed by atoms with E-state index in [1.807, 2.05) is 36.4 Å². The number of anilines is 2. The third-order valence-corrected chi connectivity index (χ3v) is 2.04. The largest absolute Gasteiger partial charge is 0.382 e. The second-order valence-corrected chi connectivity index (χ2v) is 3.58. The SMILES string of the molecule is CC(=O)Nc1cccc(NC/C=C/CCl)c1. The first-order chi connectivity index (χ1) is 7.72. The fraction of sp³-hybridized carbons (Fsp3) is 0.250. The van der Waals surface area contributed by atoms with E-state index < -0.39 is 0 Å². The van der Waals surface area contributed by atoms with Crippen molar-refractivity contribution in [2.75, 3.05) is 23.1 Å². The number of halogens is 1. The minimum absolute atomic E-state index is 0.0702. The number of amides is 1. The third-order valence-electron chi connectivity index (χ3n) is 1.86. The van der Waals surface area contributed by atoms with Crippen LogP contribution in [0.1, 0.15) is 6.92 Å². The number of nitrogens with one attached hydrogen (secondary N) is 2. The van der Waals surface area contributed by atoms with E-state index in [2.05, 4.69) is 10.6 Å². The molecule has 1 amide bonds. The molecule has 0 radical (unpaired) electrons. The predicted octanol–water partition coefficient (Wildman–Crippen LogP) is 2.85. The Morgan fingerprint density at radius 1 is 1.38 bits per heavy atom. The van der Waals surface area contributed by atoms with Crippen molar-refractivity contribution in [2.45, 2.75) is 6.92 Å². The van der Waals surface area contributed by atoms with Crippen molar-refractivity contribution in [3.8, 4) is 0 Å². The zero-order valence-corrected chi connectivity index (χ0v) is 9.92. The normalized spacial score (nSPS) is 10.4. The summed E-state index contributed by atoms with van der Waals surface area (Å²) in [7, 11) is 0. The first-order valence-corrected chi connectivity index (χ1v) is 5.58. The van der Waals surface area contributed by atoms with Crippen LogP contribution in [0, 0.1) is 0 Å². The lowest BCUT2D eigenvalue weighted by Crippen LogP contribution is -2.06. The smallest absolute Gasteiger partial charge is 0.221 e. The van der Waals surface area contributed by atoms with Gasteiger partial charge in [0.15, 0.2) is 0 Å². The van der Waals surface area contributed by atoms with Gasteiger partial charge >= 0.3 is 0 Å². The fourth-order valence-electron chi connectivity index (χ4n) is 1.23. The van der Waals surface area contributed by atoms with Gasteiger partial charge in [0.2, 0.25) is 5.91 Å². The average Bonchev–Trinajstić information content (AvgIpc) is 2.24. The molecule has 0 saturated heterocycles. The highest BCUT2D eigenvalue weighted by Crippen LogP contribution is 2.14. The first-order valence-electron chi connectivity index (χ1n) is 5.05. The van der Waals surface area contributed by atoms with E-state index in [4.69, 9.17) is 11.6 Å². The Balaban J connectivity index is 2.53. The van der Waals surface area contributed by atoms with Crippen molar-refractivity contribution >= 4 is 28.9 Å². The third kappa shape index (κ3) is 4.84. The van der Waals surface area contributed by atoms with Gasteiger partial charge in [0.25, 0.3) is 0 Å². The van der Waals surface area contributed by atoms with Gasteiger partial charge in [-0.05, 0) is 18.2 Å². The van der Waals surface area contributed by atoms with Crippen LogP contribution in [0.5, 0.6) is 0 Å². The van der Waals surface area contributed by atoms with Crippen LogP contribution < -0.4 is 10.6 Å². The van der Waals surface area contributed by atoms with E-state index in [0.29, 0.717) is 5.88 Å². The Labute approximate surface area is 100 Å². The number of hydrogen-bond acceptors (Lipinski definition) is 2. The van der Waals surface area contributed by atoms with Crippen molar-refractivity contribution in [1.82, 2.24) is 0 Å². The molecule has 1 rings (SSSR count). The summed E-state index contributed by atoms with van der Waals surface area (Å²) in [4.78, 5) is 10.9. The molecule has 0 aromatic heterocycles. The monoisotopic (exact) mass is 238 g/mol. The van der Waals surface area contributed by atoms with Crippen LogP contribution in [0.3, 0.4) is 0 Å². The van der Waals surface area contributed by atoms with E-state index >= 15 is 0 Å². The van der Waals surface area contributed by atoms with Crippen molar-refractivity contribution < 1.29 is 4.79 Å². The minimum Gasteiger partial charge on any atom is -0.382 e. The number of alkyl halides is 1. The Morgan fingerprint density at radius 2 is 2.12 bits per heavy atom. The standard InChI is InChI=1S/C12H15ClN2O/c1-10(16)15-12-6-4-5-11(9-12)14-8-3-2-7-13/h2-6,9,14H,7-8H2,1H3,(H,15,16)/b3-2+. The molecule has 1 aromatic rings. The van der Waals surface area contributed by atoms with E-state index in [1.165, 1.54) is 6.92 Å². The van der Waals surface area contributed by atoms with Gasteiger partial charge < -0.3 is 10.6 Å². The van der Waals surface area contributed by atoms with Crippen molar-refractivity contribution in [2.24, 2.45) is 0 Å². The molecule has 0 unspecified atom stereocenters. The van der Waals surface area contributed by atoms with Crippen molar-refractivity contribution in [3.05, 3.63) is 36.4 Å². The number of carbonyl (C=O) groups excluding carboxylic acids is 1. The van der Waals surface area contributed by atoms with Crippen LogP contribution in [0.15, 0.2) is 36.4 Å². The molecule has 4 heteroatoms. The van der Waals surface area contributed by atoms with Gasteiger partial charge in [-0.3, -0.25) is 4.79 Å². The van der Waals surface area contributed by atoms with Gasteiger partial charge in [-0.2, -0.15) is 0 Å². The van der Waals surface area contributed by atoms with E-state index in [0.717, 1.165) is 17.9 Å². The number of benzene rings is 1. The summed E-state index contributed by atoms with van der Waals surface area (Å²) in [5, 5.41) is 5.93. The molecule has 86 valence electrons. The molecule has 1 aromatic carbocycles. The maximum atomic E-state index is 10.9. The molecule has 2 N–H and O–H groups in total. The highest BCUT2D eigenvalue weighted by molar-refractivity contribution is 6.18. The van der Waals surface area contributed by atoms with E-state index in [1.54, 1.807) is 0 Å². The highest BCUT2D eigenvalue weighted by atomic mass is 35.5. The number of rotatable bonds is 5. The molecular formula is C12H15ClN2O. The second-order valence-electron chi connectivity index (χ2n) is 3.27. The lowest BCUT2D eigenvalue weighted by molar-refractivity contribution is -0.114. The average molecular weight is 239 g/mol. The molecule has 16 heavy (non-hydrogen) atoms. The quantitative estimate of drug-likeness (QED) is 0.612. The topological polar surface area (TPSA) is 41.1 Å². The lowest BCUT2D eigenvalue weighted by Gasteiger charge is -2.06. The van der Waals surface area contributed by atoms with Gasteiger partial charge in [-0.15, -0.1) is 11.6 Å². The molecule has 0 bridgehead atoms. The summed E-state index contributed by atoms with van der Waals surface area (Å²) in [5.74, 6) is 0.451. The van der Waals surface area contributed by atoms with E-state index in [-0.39, 0.29) is 5.91 Å². The molecule has 0 heterocycles. The Morgan fingerprint density at radius 3 is 2.81 bits per heavy atom. The van der Waals surface area contributed by atoms with Crippen LogP contribution >= 0.6 is 11.6 Å². The molecule has 0 aliphatic rings. The number of hydrogen-bond donors (Lipinski definition) is 2. The molecule has 0 fully saturated rings. The summed E-state index contributed by atoms with van der Waals surface area (Å²) < 4.78 is 0. The van der Waals surface area contributed by atoms with Crippen LogP contribution in [0.4, 0.5) is 11.4 Å². The van der Waals surface area contributed by atoms with Gasteiger partial charge in [0, 0.05) is 30.7 Å². The summed E-state index contributed by atoms with van der Waals surface area (Å²) in [6.07, 6.45) is 3.84. The zero-order valence-electron chi connectivity index (χ0n) is 9.16. The van der Waals surface area contributed by atoms with Crippen LogP contribution in [-0.2, 0) is 4.79 Å². The molecule has 0 atom stereocenters. The molecule has 0 aliphatic heterocycles. The van der Waals surface area contributed by atoms with Crippen molar-refractivity contribution in [3.63, 3.8) is 0 Å². The van der Waals surface area contributed by atoms with Crippen LogP contribution in [0.25, 0.3) is 0 Å². The maximum absolute atomic E-state index is 10.9. The predicted molar refractivity (Wildman–Crippen MR) is 69.1 cm³/mol. The van der Waals surface area contributed by atoms with Gasteiger partial charge in [0.1, 0.15) is 0 Å². The minimum atomic E-state index is -0.0702. The maximum Gasteiger partial charge on any atom is 0.221 e. The summed E-state index contributed by atoms with van der Waals surface area (Å²) in [6, 6.07) is 7.57. The van der Waals surface area contributed by atoms with Crippen LogP contribution in [-0.4, -0.2) is 18.3 Å². The lowest BCUT2D eigenvalue weighted by atomic mass is 10.2. The molecule has 3 nitrogen and oxygen atoms in total. The first kappa shape index (κ1) is 12.6. The van der Waals surface area contributed by atoms with Gasteiger partial charge in [-0.1, -0.05) is 18.2 Å². The molecule has 0 saturated carbocycles. The van der Waals surface area contributed by atoms with Gasteiger partial charge in [-0.25, -0.2) is 0 Å². The fourth-order valence-corrected chi connectivity index (χ4v) is 1.36. The van der Waals surface area contributed by atoms with Crippen molar-refractivity contribution in [1.29, 1.82) is 0 Å². The summed E-state index contributed by atoms with van der Waals surface area (Å²) in [6.45, 7) is 2.21. The Hall–Kier alpha value is -1.48. The zero-order chi connectivity index (χ0) is 11.8. The molecule has 0 spiro atoms. The molecular weight excluding hydrogens is 224 g/mol. The van der Waals surface area contributed by atoms with E-state index in [9.17, 15) is 4.79 Å². The second kappa shape index (κ2) is 6.90. The Kier molecular flexibility index (Phi) is 5.43. The molecule has 0 aliphatic carbocycles. The highest BCUT2D eigenvalue weighted by Gasteiger charge is 1.96. The Bertz CT molecular complexity index is 377. The summed E-state index contributed by atoms with van der Waals surface area (Å²) in [5.41, 5.74) is 1.75. The number of carbonyl (C=O) groups is 1.